The maximum atomic E-state index is 14.0. The molecule has 2 aliphatic rings. The van der Waals surface area contributed by atoms with Gasteiger partial charge in [0.1, 0.15) is 34.9 Å². The predicted octanol–water partition coefficient (Wildman–Crippen LogP) is 4.34. The highest BCUT2D eigenvalue weighted by Crippen LogP contribution is 2.59. The van der Waals surface area contributed by atoms with Crippen LogP contribution in [-0.4, -0.2) is 54.3 Å². The third-order valence-corrected chi connectivity index (χ3v) is 9.22. The summed E-state index contributed by atoms with van der Waals surface area (Å²) in [4.78, 5) is 50.6. The number of fused-ring (bicyclic) bond motifs is 2. The van der Waals surface area contributed by atoms with E-state index in [2.05, 4.69) is 43.2 Å². The first kappa shape index (κ1) is 28.9. The number of carbonyl (C=O) groups is 3. The molecule has 2 amide bonds. The summed E-state index contributed by atoms with van der Waals surface area (Å²) in [5.74, 6) is 0.0478. The molecular formula is C31H32BrN7O4. The first-order chi connectivity index (χ1) is 20.3. The van der Waals surface area contributed by atoms with Crippen molar-refractivity contribution in [3.05, 3.63) is 68.6 Å². The summed E-state index contributed by atoms with van der Waals surface area (Å²) in [7, 11) is 0. The Balaban J connectivity index is 1.34. The number of hydrogen-bond acceptors (Lipinski definition) is 7. The molecule has 43 heavy (non-hydrogen) atoms. The number of halogens is 1. The number of amides is 2. The molecule has 1 saturated carbocycles. The number of nitrogens with zero attached hydrogens (tertiary/aromatic N) is 6. The number of hydrogen-bond donors (Lipinski definition) is 1. The van der Waals surface area contributed by atoms with E-state index >= 15 is 0 Å². The Bertz CT molecular complexity index is 1870. The summed E-state index contributed by atoms with van der Waals surface area (Å²) in [5.41, 5.74) is 4.46. The minimum Gasteiger partial charge on any atom is -0.711 e. The Labute approximate surface area is 257 Å². The fraction of sp³-hybridized carbons (Fsp3) is 0.387. The lowest BCUT2D eigenvalue weighted by Gasteiger charge is -2.27. The van der Waals surface area contributed by atoms with Gasteiger partial charge in [-0.3, -0.25) is 19.1 Å². The highest BCUT2D eigenvalue weighted by molar-refractivity contribution is 9.10. The molecule has 3 atom stereocenters. The maximum Gasteiger partial charge on any atom is 0.298 e. The van der Waals surface area contributed by atoms with Gasteiger partial charge in [0.25, 0.3) is 5.82 Å². The van der Waals surface area contributed by atoms with Gasteiger partial charge in [0, 0.05) is 32.2 Å². The van der Waals surface area contributed by atoms with Crippen molar-refractivity contribution >= 4 is 50.2 Å². The Morgan fingerprint density at radius 1 is 1.12 bits per heavy atom. The molecule has 1 N–H and O–H groups in total. The lowest BCUT2D eigenvalue weighted by Crippen LogP contribution is -2.47. The van der Waals surface area contributed by atoms with E-state index in [0.29, 0.717) is 44.8 Å². The number of nitrogens with one attached hydrogen (secondary N) is 1. The van der Waals surface area contributed by atoms with Crippen molar-refractivity contribution in [2.75, 3.05) is 5.32 Å². The van der Waals surface area contributed by atoms with Gasteiger partial charge in [-0.15, -0.1) is 0 Å². The SMILES string of the molecule is CC(=O)c1nn(CC(=O)N2[C@H](C(=O)Nc3nc(Br)ccc3C)C[C@@]3(C)C[C@@H]23)c2c(C)cc(-c3c[n+]([O-])c(C)nc3C)cc12. The Morgan fingerprint density at radius 3 is 2.58 bits per heavy atom. The molecule has 0 bridgehead atoms. The zero-order valence-electron chi connectivity index (χ0n) is 24.9. The Kier molecular flexibility index (Phi) is 6.87. The zero-order valence-corrected chi connectivity index (χ0v) is 26.4. The quantitative estimate of drug-likeness (QED) is 0.142. The van der Waals surface area contributed by atoms with Crippen LogP contribution in [0.2, 0.25) is 0 Å². The number of aryl methyl sites for hydroxylation is 4. The summed E-state index contributed by atoms with van der Waals surface area (Å²) in [6.45, 7) is 10.6. The van der Waals surface area contributed by atoms with E-state index < -0.39 is 6.04 Å². The van der Waals surface area contributed by atoms with E-state index in [-0.39, 0.29) is 41.3 Å². The van der Waals surface area contributed by atoms with Crippen LogP contribution in [0.15, 0.2) is 35.1 Å². The molecule has 2 fully saturated rings. The minimum absolute atomic E-state index is 0.0371. The van der Waals surface area contributed by atoms with Crippen molar-refractivity contribution in [2.24, 2.45) is 5.41 Å². The van der Waals surface area contributed by atoms with Crippen molar-refractivity contribution in [1.29, 1.82) is 0 Å². The number of piperidine rings is 1. The van der Waals surface area contributed by atoms with Crippen LogP contribution in [0.5, 0.6) is 0 Å². The van der Waals surface area contributed by atoms with Crippen LogP contribution >= 0.6 is 15.9 Å². The van der Waals surface area contributed by atoms with Gasteiger partial charge in [-0.25, -0.2) is 9.71 Å². The first-order valence-electron chi connectivity index (χ1n) is 14.1. The summed E-state index contributed by atoms with van der Waals surface area (Å²) in [5, 5.41) is 20.4. The molecule has 3 aromatic heterocycles. The molecule has 0 radical (unpaired) electrons. The normalized spacial score (nSPS) is 20.8. The molecule has 12 heteroatoms. The van der Waals surface area contributed by atoms with Crippen LogP contribution in [-0.2, 0) is 16.1 Å². The highest BCUT2D eigenvalue weighted by atomic mass is 79.9. The molecule has 1 aromatic carbocycles. The zero-order chi connectivity index (χ0) is 31.0. The third-order valence-electron chi connectivity index (χ3n) is 8.78. The molecule has 1 saturated heterocycles. The van der Waals surface area contributed by atoms with Crippen molar-refractivity contribution in [3.63, 3.8) is 0 Å². The molecule has 1 aliphatic carbocycles. The number of benzene rings is 1. The second-order valence-corrected chi connectivity index (χ2v) is 12.9. The molecule has 4 heterocycles. The Hall–Kier alpha value is -4.19. The van der Waals surface area contributed by atoms with Crippen molar-refractivity contribution in [2.45, 2.75) is 73.0 Å². The first-order valence-corrected chi connectivity index (χ1v) is 14.9. The van der Waals surface area contributed by atoms with Crippen molar-refractivity contribution in [1.82, 2.24) is 24.6 Å². The van der Waals surface area contributed by atoms with Crippen LogP contribution in [0, 0.1) is 38.3 Å². The van der Waals surface area contributed by atoms with Crippen LogP contribution in [0.3, 0.4) is 0 Å². The van der Waals surface area contributed by atoms with Gasteiger partial charge in [0.2, 0.25) is 11.8 Å². The van der Waals surface area contributed by atoms with Crippen LogP contribution in [0.4, 0.5) is 5.82 Å². The largest absolute Gasteiger partial charge is 0.711 e. The molecule has 0 spiro atoms. The number of anilines is 1. The topological polar surface area (TPSA) is 137 Å². The smallest absolute Gasteiger partial charge is 0.298 e. The number of pyridine rings is 1. The summed E-state index contributed by atoms with van der Waals surface area (Å²) < 4.78 is 2.89. The molecule has 6 rings (SSSR count). The number of Topliss-reactive ketones (excluding diaryl/α,β-unsaturated/α-hetero) is 1. The molecular weight excluding hydrogens is 614 g/mol. The van der Waals surface area contributed by atoms with Crippen molar-refractivity contribution in [3.8, 4) is 11.1 Å². The lowest BCUT2D eigenvalue weighted by atomic mass is 9.99. The van der Waals surface area contributed by atoms with E-state index in [0.717, 1.165) is 27.8 Å². The summed E-state index contributed by atoms with van der Waals surface area (Å²) in [6.07, 6.45) is 2.88. The van der Waals surface area contributed by atoms with Gasteiger partial charge in [0.15, 0.2) is 11.5 Å². The number of likely N-dealkylation sites (tertiary alicyclic amines) is 1. The minimum atomic E-state index is -0.644. The number of aromatic nitrogens is 5. The van der Waals surface area contributed by atoms with Crippen LogP contribution in [0.1, 0.15) is 59.8 Å². The van der Waals surface area contributed by atoms with Crippen LogP contribution in [0.25, 0.3) is 22.0 Å². The van der Waals surface area contributed by atoms with E-state index in [9.17, 15) is 19.6 Å². The number of ketones is 1. The molecule has 222 valence electrons. The third kappa shape index (κ3) is 4.97. The summed E-state index contributed by atoms with van der Waals surface area (Å²) in [6, 6.07) is 6.72. The van der Waals surface area contributed by atoms with E-state index in [1.165, 1.54) is 13.1 Å². The molecule has 0 unspecified atom stereocenters. The van der Waals surface area contributed by atoms with Gasteiger partial charge in [-0.1, -0.05) is 18.0 Å². The molecule has 4 aromatic rings. The van der Waals surface area contributed by atoms with Gasteiger partial charge in [-0.2, -0.15) is 5.10 Å². The van der Waals surface area contributed by atoms with Gasteiger partial charge >= 0.3 is 0 Å². The fourth-order valence-electron chi connectivity index (χ4n) is 6.40. The second-order valence-electron chi connectivity index (χ2n) is 12.0. The predicted molar refractivity (Wildman–Crippen MR) is 163 cm³/mol. The van der Waals surface area contributed by atoms with Crippen LogP contribution < -0.4 is 10.0 Å². The molecule has 11 nitrogen and oxygen atoms in total. The number of rotatable bonds is 6. The van der Waals surface area contributed by atoms with Gasteiger partial charge in [-0.05, 0) is 82.9 Å². The lowest BCUT2D eigenvalue weighted by molar-refractivity contribution is -0.615. The maximum absolute atomic E-state index is 14.0. The van der Waals surface area contributed by atoms with E-state index in [1.807, 2.05) is 39.0 Å². The average molecular weight is 647 g/mol. The van der Waals surface area contributed by atoms with E-state index in [4.69, 9.17) is 0 Å². The van der Waals surface area contributed by atoms with Gasteiger partial charge < -0.3 is 15.4 Å². The summed E-state index contributed by atoms with van der Waals surface area (Å²) >= 11 is 3.35. The fourth-order valence-corrected chi connectivity index (χ4v) is 6.71. The van der Waals surface area contributed by atoms with Crippen molar-refractivity contribution < 1.29 is 19.1 Å². The number of carbonyl (C=O) groups excluding carboxylic acids is 3. The average Bonchev–Trinajstić information content (AvgIpc) is 3.28. The highest BCUT2D eigenvalue weighted by Gasteiger charge is 2.64. The molecule has 1 aliphatic heterocycles. The van der Waals surface area contributed by atoms with E-state index in [1.54, 1.807) is 22.6 Å². The second kappa shape index (κ2) is 10.2. The van der Waals surface area contributed by atoms with Gasteiger partial charge in [0.05, 0.1) is 11.1 Å². The monoisotopic (exact) mass is 645 g/mol. The standard InChI is InChI=1S/C31H32BrN7O4/c1-15-7-8-25(32)34-29(15)35-30(42)23-11-31(6)12-24(31)39(23)26(41)14-37-28-16(2)9-20(10-21(28)27(36-37)18(4)40)22-13-38(43)19(5)33-17(22)3/h7-10,13,23-24H,11-12,14H2,1-6H3,(H,34,35,42)/t23-,24+,31-/m0/s1. The Morgan fingerprint density at radius 2 is 1.86 bits per heavy atom.